The van der Waals surface area contributed by atoms with Gasteiger partial charge in [0.15, 0.2) is 0 Å². The molecule has 4 N–H and O–H groups in total. The topological polar surface area (TPSA) is 243 Å². The zero-order chi connectivity index (χ0) is 71.8. The van der Waals surface area contributed by atoms with E-state index in [0.717, 1.165) is 90.6 Å². The standard InChI is InChI=1S/2C23H17N5.6C3H6O.Co.2F6P/c2*1-3-8-16(9-4-1)20-14-22(27-25-20)18-12-7-13-19(24-18)23-15-21(26-28-23)17-10-5-2-6-11-17;6*1-3(2)4;;2*1-7(2,3,4,5)6/h2*1-15H,(H,25,27)(H,26,28);6*1-2H3;;;/q;;;;;;;;+2;2*-1. The molecule has 0 aliphatic carbocycles. The van der Waals surface area contributed by atoms with Gasteiger partial charge >= 0.3 is 82.8 Å². The molecule has 0 fully saturated rings. The molecule has 4 aromatic carbocycles. The van der Waals surface area contributed by atoms with Crippen molar-refractivity contribution >= 4 is 50.3 Å². The molecule has 10 rings (SSSR count). The number of H-pyrrole nitrogens is 4. The summed E-state index contributed by atoms with van der Waals surface area (Å²) in [5.41, 5.74) is 14.7. The van der Waals surface area contributed by atoms with Gasteiger partial charge < -0.3 is 28.8 Å². The number of aromatic amines is 4. The van der Waals surface area contributed by atoms with Crippen molar-refractivity contribution in [2.24, 2.45) is 0 Å². The first-order chi connectivity index (χ1) is 43.0. The quantitative estimate of drug-likeness (QED) is 0.0820. The fraction of sp³-hybridized carbons (Fsp3) is 0.188. The van der Waals surface area contributed by atoms with E-state index in [-0.39, 0.29) is 51.5 Å². The third-order valence-electron chi connectivity index (χ3n) is 9.20. The van der Waals surface area contributed by atoms with Crippen molar-refractivity contribution in [1.29, 1.82) is 0 Å². The van der Waals surface area contributed by atoms with E-state index in [4.69, 9.17) is 9.97 Å². The molecule has 6 heterocycles. The van der Waals surface area contributed by atoms with Crippen molar-refractivity contribution < 1.29 is 95.9 Å². The molecule has 10 aromatic rings. The SMILES string of the molecule is CC(C)=O.CC(C)=O.CC(C)=O.CC(C)=O.CC(C)=O.CC(C)=O.F[P-](F)(F)(F)(F)F.F[P-](F)(F)(F)(F)F.[Co+2].c1ccc(-c2cc(-c3cccc(-c4cc(-c5ccccc5)[nH]n4)n3)n[nH]2)cc1.c1ccc(-c2cc(-c3cccc(-c4cc(-c5ccccc5)[nH]n4)n3)n[nH]2)cc1. The van der Waals surface area contributed by atoms with Gasteiger partial charge in [0, 0.05) is 0 Å². The maximum absolute atomic E-state index is 10.7. The number of halogens is 12. The molecular weight excluding hydrogens is 1350 g/mol. The molecule has 0 aliphatic rings. The van der Waals surface area contributed by atoms with Crippen LogP contribution in [0.3, 0.4) is 0 Å². The first kappa shape index (κ1) is 85.6. The number of hydrogen-bond acceptors (Lipinski definition) is 12. The summed E-state index contributed by atoms with van der Waals surface area (Å²) in [5, 5.41) is 30.1. The number of hydrogen-bond donors (Lipinski definition) is 4. The van der Waals surface area contributed by atoms with E-state index in [9.17, 15) is 79.1 Å². The summed E-state index contributed by atoms with van der Waals surface area (Å²) in [4.78, 5) is 66.2. The van der Waals surface area contributed by atoms with Gasteiger partial charge in [0.25, 0.3) is 0 Å². The van der Waals surface area contributed by atoms with Gasteiger partial charge in [0.1, 0.15) is 57.5 Å². The van der Waals surface area contributed by atoms with Gasteiger partial charge in [-0.3, -0.25) is 20.4 Å². The van der Waals surface area contributed by atoms with Crippen molar-refractivity contribution in [2.75, 3.05) is 0 Å². The number of rotatable bonds is 8. The molecule has 0 amide bonds. The summed E-state index contributed by atoms with van der Waals surface area (Å²) in [6, 6.07) is 60.3. The molecule has 515 valence electrons. The molecule has 0 spiro atoms. The second-order valence-corrected chi connectivity index (χ2v) is 24.1. The fourth-order valence-corrected chi connectivity index (χ4v) is 6.31. The average Bonchev–Trinajstić information content (AvgIpc) is 1.76. The van der Waals surface area contributed by atoms with E-state index in [2.05, 4.69) is 89.3 Å². The van der Waals surface area contributed by atoms with Gasteiger partial charge in [-0.05, 0) is 154 Å². The van der Waals surface area contributed by atoms with Crippen LogP contribution in [0.2, 0.25) is 0 Å². The Morgan fingerprint density at radius 3 is 0.526 bits per heavy atom. The summed E-state index contributed by atoms with van der Waals surface area (Å²) in [6.45, 7) is 18.3. The summed E-state index contributed by atoms with van der Waals surface area (Å²) in [5.74, 6) is 1.00. The second kappa shape index (κ2) is 36.9. The smallest absolute Gasteiger partial charge is 0.277 e. The van der Waals surface area contributed by atoms with Crippen molar-refractivity contribution in [2.45, 2.75) is 83.1 Å². The third-order valence-corrected chi connectivity index (χ3v) is 9.20. The molecule has 1 radical (unpaired) electrons. The Balaban J connectivity index is 0.00000121. The minimum atomic E-state index is -10.7. The maximum Gasteiger partial charge on any atom is 2.00 e. The first-order valence-corrected chi connectivity index (χ1v) is 31.4. The normalized spacial score (nSPS) is 11.5. The van der Waals surface area contributed by atoms with Gasteiger partial charge in [-0.25, -0.2) is 9.97 Å². The largest absolute Gasteiger partial charge is 2.00 e. The second-order valence-electron chi connectivity index (χ2n) is 20.3. The number of benzene rings is 4. The molecule has 95 heavy (non-hydrogen) atoms. The number of aromatic nitrogens is 10. The van der Waals surface area contributed by atoms with E-state index >= 15 is 0 Å². The van der Waals surface area contributed by atoms with Crippen LogP contribution >= 0.6 is 15.6 Å². The van der Waals surface area contributed by atoms with Crippen LogP contribution in [0.4, 0.5) is 50.4 Å². The fourth-order valence-electron chi connectivity index (χ4n) is 6.31. The van der Waals surface area contributed by atoms with Crippen LogP contribution in [0.15, 0.2) is 182 Å². The van der Waals surface area contributed by atoms with Gasteiger partial charge in [0.05, 0.1) is 45.6 Å². The minimum Gasteiger partial charge on any atom is -0.277 e. The number of pyridine rings is 2. The maximum atomic E-state index is 9.87. The summed E-state index contributed by atoms with van der Waals surface area (Å²) >= 11 is 0. The monoisotopic (exact) mass is 1420 g/mol. The van der Waals surface area contributed by atoms with Crippen LogP contribution in [-0.4, -0.2) is 85.5 Å². The Kier molecular flexibility index (Phi) is 33.2. The summed E-state index contributed by atoms with van der Waals surface area (Å²) in [7, 11) is -21.3. The molecule has 31 heteroatoms. The molecule has 16 nitrogen and oxygen atoms in total. The molecule has 0 unspecified atom stereocenters. The Hall–Kier alpha value is -9.43. The predicted molar refractivity (Wildman–Crippen MR) is 346 cm³/mol. The average molecular weight is 1420 g/mol. The number of nitrogens with one attached hydrogen (secondary N) is 4. The Labute approximate surface area is 550 Å². The Morgan fingerprint density at radius 2 is 0.389 bits per heavy atom. The molecular formula is C64H70CoF12N10O6P2. The predicted octanol–water partition coefficient (Wildman–Crippen LogP) is 20.7. The van der Waals surface area contributed by atoms with Crippen LogP contribution in [0.25, 0.3) is 90.6 Å². The van der Waals surface area contributed by atoms with Crippen LogP contribution in [0, 0.1) is 0 Å². The number of Topliss-reactive ketones (excluding diaryl/α,β-unsaturated/α-hetero) is 6. The summed E-state index contributed by atoms with van der Waals surface area (Å²) < 4.78 is 118. The van der Waals surface area contributed by atoms with E-state index in [1.54, 1.807) is 0 Å². The van der Waals surface area contributed by atoms with Crippen LogP contribution in [0.5, 0.6) is 0 Å². The summed E-state index contributed by atoms with van der Waals surface area (Å²) in [6.07, 6.45) is 0. The third kappa shape index (κ3) is 47.2. The minimum absolute atomic E-state index is 0. The van der Waals surface area contributed by atoms with Gasteiger partial charge in [-0.15, -0.1) is 0 Å². The van der Waals surface area contributed by atoms with Gasteiger partial charge in [-0.1, -0.05) is 133 Å². The van der Waals surface area contributed by atoms with Crippen molar-refractivity contribution in [3.63, 3.8) is 0 Å². The molecule has 6 aromatic heterocycles. The molecule has 0 saturated carbocycles. The first-order valence-electron chi connectivity index (χ1n) is 27.4. The van der Waals surface area contributed by atoms with Crippen molar-refractivity contribution in [3.8, 4) is 90.6 Å². The van der Waals surface area contributed by atoms with Gasteiger partial charge in [0.2, 0.25) is 0 Å². The molecule has 0 bridgehead atoms. The van der Waals surface area contributed by atoms with E-state index in [1.165, 1.54) is 83.1 Å². The zero-order valence-electron chi connectivity index (χ0n) is 53.2. The molecule has 0 aliphatic heterocycles. The number of carbonyl (C=O) groups excluding carboxylic acids is 6. The van der Waals surface area contributed by atoms with E-state index in [0.29, 0.717) is 0 Å². The number of nitrogens with zero attached hydrogens (tertiary/aromatic N) is 6. The van der Waals surface area contributed by atoms with Crippen LogP contribution in [0.1, 0.15) is 83.1 Å². The van der Waals surface area contributed by atoms with Crippen LogP contribution in [-0.2, 0) is 45.5 Å². The van der Waals surface area contributed by atoms with Crippen molar-refractivity contribution in [1.82, 2.24) is 50.8 Å². The Bertz CT molecular complexity index is 3460. The zero-order valence-corrected chi connectivity index (χ0v) is 56.0. The number of carbonyl (C=O) groups is 6. The molecule has 0 saturated heterocycles. The van der Waals surface area contributed by atoms with Crippen molar-refractivity contribution in [3.05, 3.63) is 182 Å². The van der Waals surface area contributed by atoms with E-state index in [1.807, 2.05) is 133 Å². The van der Waals surface area contributed by atoms with Gasteiger partial charge in [-0.2, -0.15) is 20.4 Å². The van der Waals surface area contributed by atoms with Crippen LogP contribution < -0.4 is 0 Å². The number of ketones is 6. The van der Waals surface area contributed by atoms with E-state index < -0.39 is 15.6 Å². The molecule has 0 atom stereocenters. The Morgan fingerprint density at radius 1 is 0.253 bits per heavy atom.